The Morgan fingerprint density at radius 3 is 1.57 bits per heavy atom. The molecule has 0 amide bonds. The summed E-state index contributed by atoms with van der Waals surface area (Å²) in [5, 5.41) is 0. The smallest absolute Gasteiger partial charge is 0.0810 e. The molecule has 3 heteroatoms. The number of hydrogen-bond acceptors (Lipinski definition) is 3. The molecule has 2 rings (SSSR count). The Bertz CT molecular complexity index is 298. The highest BCUT2D eigenvalue weighted by Gasteiger charge is 2.21. The Morgan fingerprint density at radius 1 is 0.652 bits per heavy atom. The summed E-state index contributed by atoms with van der Waals surface area (Å²) in [7, 11) is 0. The summed E-state index contributed by atoms with van der Waals surface area (Å²) in [6.45, 7) is 3.48. The third-order valence-electron chi connectivity index (χ3n) is 4.36. The van der Waals surface area contributed by atoms with Crippen molar-refractivity contribution in [3.63, 3.8) is 0 Å². The fourth-order valence-corrected chi connectivity index (χ4v) is 2.67. The highest BCUT2D eigenvalue weighted by Crippen LogP contribution is 2.18. The van der Waals surface area contributed by atoms with Gasteiger partial charge in [-0.25, -0.2) is 0 Å². The summed E-state index contributed by atoms with van der Waals surface area (Å²) in [6.07, 6.45) is 22.7. The molecule has 0 saturated carbocycles. The molecule has 0 aromatic carbocycles. The van der Waals surface area contributed by atoms with Gasteiger partial charge in [-0.15, -0.1) is 0 Å². The van der Waals surface area contributed by atoms with E-state index in [0.717, 1.165) is 26.4 Å². The van der Waals surface area contributed by atoms with Crippen LogP contribution in [0.3, 0.4) is 0 Å². The second-order valence-electron chi connectivity index (χ2n) is 6.67. The van der Waals surface area contributed by atoms with Gasteiger partial charge in [0.15, 0.2) is 0 Å². The standard InChI is InChI=1S/C20H34O3/c1(5-9-13-19-17-22-19)3-7-11-15-21-16-12-8-4-2-6-10-14-20-18-23-20/h7-8,11-12,19-20H,1-6,9-10,13-18H2. The van der Waals surface area contributed by atoms with E-state index in [1.165, 1.54) is 64.2 Å². The van der Waals surface area contributed by atoms with Gasteiger partial charge in [-0.2, -0.15) is 0 Å². The summed E-state index contributed by atoms with van der Waals surface area (Å²) in [4.78, 5) is 0. The number of unbranched alkanes of at least 4 members (excludes halogenated alkanes) is 6. The number of hydrogen-bond donors (Lipinski definition) is 0. The zero-order chi connectivity index (χ0) is 16.0. The molecule has 0 aromatic heterocycles. The maximum Gasteiger partial charge on any atom is 0.0810 e. The van der Waals surface area contributed by atoms with Crippen molar-refractivity contribution in [2.45, 2.75) is 76.4 Å². The van der Waals surface area contributed by atoms with Crippen LogP contribution in [0.25, 0.3) is 0 Å². The predicted octanol–water partition coefficient (Wildman–Crippen LogP) is 4.81. The minimum Gasteiger partial charge on any atom is -0.373 e. The van der Waals surface area contributed by atoms with Crippen LogP contribution in [0.4, 0.5) is 0 Å². The van der Waals surface area contributed by atoms with Gasteiger partial charge in [-0.05, 0) is 38.5 Å². The minimum atomic E-state index is 0.601. The Hall–Kier alpha value is -0.640. The Kier molecular flexibility index (Phi) is 10.4. The zero-order valence-electron chi connectivity index (χ0n) is 14.6. The van der Waals surface area contributed by atoms with Gasteiger partial charge in [0.1, 0.15) is 0 Å². The van der Waals surface area contributed by atoms with Crippen molar-refractivity contribution in [3.05, 3.63) is 24.3 Å². The first-order chi connectivity index (χ1) is 11.4. The minimum absolute atomic E-state index is 0.601. The molecular weight excluding hydrogens is 288 g/mol. The first-order valence-corrected chi connectivity index (χ1v) is 9.56. The molecule has 0 aromatic rings. The molecule has 0 bridgehead atoms. The van der Waals surface area contributed by atoms with Gasteiger partial charge < -0.3 is 14.2 Å². The third-order valence-corrected chi connectivity index (χ3v) is 4.36. The SMILES string of the molecule is C(=CCOCC=CCCCCCC1CO1)CCCCCC1CO1. The van der Waals surface area contributed by atoms with Gasteiger partial charge in [0, 0.05) is 0 Å². The number of allylic oxidation sites excluding steroid dienone is 2. The molecule has 0 N–H and O–H groups in total. The van der Waals surface area contributed by atoms with E-state index >= 15 is 0 Å². The second kappa shape index (κ2) is 12.7. The quantitative estimate of drug-likeness (QED) is 0.232. The molecular formula is C20H34O3. The molecule has 2 heterocycles. The van der Waals surface area contributed by atoms with Gasteiger partial charge in [0.25, 0.3) is 0 Å². The molecule has 2 atom stereocenters. The maximum atomic E-state index is 5.56. The Labute approximate surface area is 142 Å². The Balaban J connectivity index is 1.23. The van der Waals surface area contributed by atoms with E-state index in [4.69, 9.17) is 14.2 Å². The first kappa shape index (κ1) is 18.7. The van der Waals surface area contributed by atoms with Crippen LogP contribution in [-0.2, 0) is 14.2 Å². The lowest BCUT2D eigenvalue weighted by Crippen LogP contribution is -1.90. The second-order valence-corrected chi connectivity index (χ2v) is 6.67. The van der Waals surface area contributed by atoms with Gasteiger partial charge >= 0.3 is 0 Å². The summed E-state index contributed by atoms with van der Waals surface area (Å²) >= 11 is 0. The average Bonchev–Trinajstić information content (AvgIpc) is 3.45. The van der Waals surface area contributed by atoms with E-state index in [9.17, 15) is 0 Å². The summed E-state index contributed by atoms with van der Waals surface area (Å²) in [5.74, 6) is 0. The third kappa shape index (κ3) is 12.4. The molecule has 2 unspecified atom stereocenters. The molecule has 0 spiro atoms. The normalized spacial score (nSPS) is 23.1. The van der Waals surface area contributed by atoms with Gasteiger partial charge in [0.05, 0.1) is 38.6 Å². The lowest BCUT2D eigenvalue weighted by molar-refractivity contribution is 0.193. The molecule has 2 fully saturated rings. The number of rotatable bonds is 16. The van der Waals surface area contributed by atoms with E-state index in [-0.39, 0.29) is 0 Å². The van der Waals surface area contributed by atoms with E-state index < -0.39 is 0 Å². The van der Waals surface area contributed by atoms with Gasteiger partial charge in [-0.3, -0.25) is 0 Å². The van der Waals surface area contributed by atoms with Crippen molar-refractivity contribution in [1.82, 2.24) is 0 Å². The monoisotopic (exact) mass is 322 g/mol. The van der Waals surface area contributed by atoms with Crippen LogP contribution in [0.15, 0.2) is 24.3 Å². The van der Waals surface area contributed by atoms with Crippen molar-refractivity contribution < 1.29 is 14.2 Å². The van der Waals surface area contributed by atoms with Crippen LogP contribution in [0.5, 0.6) is 0 Å². The summed E-state index contributed by atoms with van der Waals surface area (Å²) in [5.41, 5.74) is 0. The summed E-state index contributed by atoms with van der Waals surface area (Å²) in [6, 6.07) is 0. The summed E-state index contributed by atoms with van der Waals surface area (Å²) < 4.78 is 16.0. The maximum absolute atomic E-state index is 5.56. The molecule has 2 aliphatic rings. The van der Waals surface area contributed by atoms with Crippen LogP contribution in [-0.4, -0.2) is 38.6 Å². The van der Waals surface area contributed by atoms with Crippen molar-refractivity contribution in [2.24, 2.45) is 0 Å². The predicted molar refractivity (Wildman–Crippen MR) is 94.7 cm³/mol. The van der Waals surface area contributed by atoms with Crippen molar-refractivity contribution in [1.29, 1.82) is 0 Å². The van der Waals surface area contributed by atoms with E-state index in [0.29, 0.717) is 12.2 Å². The van der Waals surface area contributed by atoms with Crippen molar-refractivity contribution in [2.75, 3.05) is 26.4 Å². The fourth-order valence-electron chi connectivity index (χ4n) is 2.67. The molecule has 0 aliphatic carbocycles. The zero-order valence-corrected chi connectivity index (χ0v) is 14.6. The number of epoxide rings is 2. The van der Waals surface area contributed by atoms with E-state index in [1.54, 1.807) is 0 Å². The van der Waals surface area contributed by atoms with Crippen molar-refractivity contribution >= 4 is 0 Å². The lowest BCUT2D eigenvalue weighted by atomic mass is 10.1. The van der Waals surface area contributed by atoms with Gasteiger partial charge in [0.2, 0.25) is 0 Å². The average molecular weight is 322 g/mol. The van der Waals surface area contributed by atoms with Crippen LogP contribution in [0.1, 0.15) is 64.2 Å². The highest BCUT2D eigenvalue weighted by atomic mass is 16.6. The van der Waals surface area contributed by atoms with Gasteiger partial charge in [-0.1, -0.05) is 50.0 Å². The van der Waals surface area contributed by atoms with Crippen molar-refractivity contribution in [3.8, 4) is 0 Å². The molecule has 132 valence electrons. The molecule has 2 aliphatic heterocycles. The first-order valence-electron chi connectivity index (χ1n) is 9.56. The van der Waals surface area contributed by atoms with Crippen LogP contribution in [0, 0.1) is 0 Å². The number of ether oxygens (including phenoxy) is 3. The van der Waals surface area contributed by atoms with Crippen LogP contribution < -0.4 is 0 Å². The molecule has 0 radical (unpaired) electrons. The fraction of sp³-hybridized carbons (Fsp3) is 0.800. The van der Waals surface area contributed by atoms with E-state index in [1.807, 2.05) is 0 Å². The molecule has 23 heavy (non-hydrogen) atoms. The topological polar surface area (TPSA) is 34.3 Å². The largest absolute Gasteiger partial charge is 0.373 e. The van der Waals surface area contributed by atoms with Crippen LogP contribution >= 0.6 is 0 Å². The van der Waals surface area contributed by atoms with Crippen LogP contribution in [0.2, 0.25) is 0 Å². The Morgan fingerprint density at radius 2 is 1.13 bits per heavy atom. The molecule has 3 nitrogen and oxygen atoms in total. The molecule has 2 saturated heterocycles. The van der Waals surface area contributed by atoms with E-state index in [2.05, 4.69) is 24.3 Å². The highest BCUT2D eigenvalue weighted by molar-refractivity contribution is 4.84. The lowest BCUT2D eigenvalue weighted by Gasteiger charge is -1.98.